The lowest BCUT2D eigenvalue weighted by atomic mass is 9.87. The fourth-order valence-electron chi connectivity index (χ4n) is 1.68. The summed E-state index contributed by atoms with van der Waals surface area (Å²) in [6.07, 6.45) is 0. The Hall–Kier alpha value is -0.160. The molecule has 1 atom stereocenters. The molecule has 1 aromatic heterocycles. The average molecular weight is 361 g/mol. The van der Waals surface area contributed by atoms with Crippen molar-refractivity contribution in [3.8, 4) is 0 Å². The van der Waals surface area contributed by atoms with Gasteiger partial charge in [0.1, 0.15) is 0 Å². The van der Waals surface area contributed by atoms with E-state index < -0.39 is 5.54 Å². The van der Waals surface area contributed by atoms with Gasteiger partial charge >= 0.3 is 0 Å². The molecule has 1 heterocycles. The molecule has 0 saturated heterocycles. The molecule has 2 N–H and O–H groups in total. The van der Waals surface area contributed by atoms with Gasteiger partial charge in [-0.2, -0.15) is 11.3 Å². The molecule has 0 bridgehead atoms. The van der Waals surface area contributed by atoms with Crippen molar-refractivity contribution in [3.05, 3.63) is 55.1 Å². The van der Waals surface area contributed by atoms with Crippen LogP contribution < -0.4 is 5.73 Å². The van der Waals surface area contributed by atoms with Crippen LogP contribution in [0.15, 0.2) is 44.0 Å². The summed E-state index contributed by atoms with van der Waals surface area (Å²) in [4.78, 5) is 0. The molecule has 0 aliphatic carbocycles. The minimum Gasteiger partial charge on any atom is -0.318 e. The summed E-state index contributed by atoms with van der Waals surface area (Å²) in [5, 5.41) is 4.14. The van der Waals surface area contributed by atoms with Crippen LogP contribution in [0.25, 0.3) is 0 Å². The lowest BCUT2D eigenvalue weighted by molar-refractivity contribution is 0.599. The van der Waals surface area contributed by atoms with Crippen LogP contribution in [0.2, 0.25) is 0 Å². The van der Waals surface area contributed by atoms with E-state index in [0.717, 1.165) is 20.1 Å². The van der Waals surface area contributed by atoms with Crippen molar-refractivity contribution in [1.82, 2.24) is 0 Å². The maximum atomic E-state index is 6.45. The highest BCUT2D eigenvalue weighted by Crippen LogP contribution is 2.37. The number of rotatable bonds is 2. The number of thiophene rings is 1. The number of halogens is 2. The van der Waals surface area contributed by atoms with Gasteiger partial charge in [0.2, 0.25) is 0 Å². The third-order valence-electron chi connectivity index (χ3n) is 2.61. The van der Waals surface area contributed by atoms with Gasteiger partial charge in [-0.15, -0.1) is 0 Å². The van der Waals surface area contributed by atoms with Crippen molar-refractivity contribution in [1.29, 1.82) is 0 Å². The monoisotopic (exact) mass is 359 g/mol. The summed E-state index contributed by atoms with van der Waals surface area (Å²) in [6.45, 7) is 2.03. The van der Waals surface area contributed by atoms with Crippen molar-refractivity contribution in [2.24, 2.45) is 5.73 Å². The maximum absolute atomic E-state index is 6.45. The highest BCUT2D eigenvalue weighted by atomic mass is 79.9. The molecule has 0 spiro atoms. The first-order chi connectivity index (χ1) is 7.53. The zero-order valence-electron chi connectivity index (χ0n) is 8.71. The van der Waals surface area contributed by atoms with Gasteiger partial charge in [-0.1, -0.05) is 34.1 Å². The molecular weight excluding hydrogens is 350 g/mol. The Bertz CT molecular complexity index is 505. The van der Waals surface area contributed by atoms with Crippen LogP contribution in [0.1, 0.15) is 18.1 Å². The highest BCUT2D eigenvalue weighted by Gasteiger charge is 2.28. The molecule has 2 rings (SSSR count). The second kappa shape index (κ2) is 4.61. The first-order valence-electron chi connectivity index (χ1n) is 4.79. The Balaban J connectivity index is 2.55. The second-order valence-electron chi connectivity index (χ2n) is 3.82. The van der Waals surface area contributed by atoms with Crippen LogP contribution >= 0.6 is 43.2 Å². The lowest BCUT2D eigenvalue weighted by Gasteiger charge is -2.26. The largest absolute Gasteiger partial charge is 0.318 e. The van der Waals surface area contributed by atoms with Gasteiger partial charge in [0.15, 0.2) is 0 Å². The van der Waals surface area contributed by atoms with E-state index in [1.165, 1.54) is 0 Å². The van der Waals surface area contributed by atoms with Gasteiger partial charge in [0.25, 0.3) is 0 Å². The van der Waals surface area contributed by atoms with Crippen LogP contribution in [-0.2, 0) is 5.54 Å². The minimum absolute atomic E-state index is 0.487. The third kappa shape index (κ3) is 2.12. The Kier molecular flexibility index (Phi) is 3.54. The van der Waals surface area contributed by atoms with Crippen molar-refractivity contribution in [2.45, 2.75) is 12.5 Å². The molecular formula is C12H11Br2NS. The van der Waals surface area contributed by atoms with E-state index in [0.29, 0.717) is 0 Å². The lowest BCUT2D eigenvalue weighted by Crippen LogP contribution is -2.34. The summed E-state index contributed by atoms with van der Waals surface area (Å²) in [6, 6.07) is 8.06. The minimum atomic E-state index is -0.487. The van der Waals surface area contributed by atoms with Gasteiger partial charge in [-0.25, -0.2) is 0 Å². The van der Waals surface area contributed by atoms with Crippen LogP contribution in [0.3, 0.4) is 0 Å². The second-order valence-corrected chi connectivity index (χ2v) is 6.27. The van der Waals surface area contributed by atoms with E-state index in [-0.39, 0.29) is 0 Å². The Morgan fingerprint density at radius 2 is 1.75 bits per heavy atom. The van der Waals surface area contributed by atoms with Gasteiger partial charge in [0.05, 0.1) is 5.54 Å². The zero-order valence-corrected chi connectivity index (χ0v) is 12.7. The van der Waals surface area contributed by atoms with E-state index in [2.05, 4.69) is 42.6 Å². The Morgan fingerprint density at radius 3 is 2.31 bits per heavy atom. The molecule has 1 unspecified atom stereocenters. The Labute approximate surface area is 116 Å². The molecule has 2 aromatic rings. The zero-order chi connectivity index (χ0) is 11.8. The topological polar surface area (TPSA) is 26.0 Å². The van der Waals surface area contributed by atoms with Crippen molar-refractivity contribution >= 4 is 43.2 Å². The molecule has 0 saturated carbocycles. The van der Waals surface area contributed by atoms with Gasteiger partial charge < -0.3 is 5.73 Å². The summed E-state index contributed by atoms with van der Waals surface area (Å²) in [7, 11) is 0. The van der Waals surface area contributed by atoms with Crippen LogP contribution in [0.4, 0.5) is 0 Å². The molecule has 16 heavy (non-hydrogen) atoms. The summed E-state index contributed by atoms with van der Waals surface area (Å²) < 4.78 is 2.11. The Morgan fingerprint density at radius 1 is 1.06 bits per heavy atom. The van der Waals surface area contributed by atoms with Gasteiger partial charge in [0, 0.05) is 19.9 Å². The third-order valence-corrected chi connectivity index (χ3v) is 5.00. The van der Waals surface area contributed by atoms with E-state index in [1.807, 2.05) is 31.2 Å². The maximum Gasteiger partial charge on any atom is 0.0667 e. The summed E-state index contributed by atoms with van der Waals surface area (Å²) in [5.74, 6) is 0. The fourth-order valence-corrected chi connectivity index (χ4v) is 4.20. The first kappa shape index (κ1) is 12.3. The fraction of sp³-hybridized carbons (Fsp3) is 0.167. The van der Waals surface area contributed by atoms with E-state index in [1.54, 1.807) is 11.3 Å². The molecule has 0 radical (unpaired) electrons. The van der Waals surface area contributed by atoms with Crippen molar-refractivity contribution in [3.63, 3.8) is 0 Å². The van der Waals surface area contributed by atoms with Gasteiger partial charge in [-0.3, -0.25) is 0 Å². The van der Waals surface area contributed by atoms with Crippen LogP contribution in [0.5, 0.6) is 0 Å². The molecule has 0 amide bonds. The van der Waals surface area contributed by atoms with Crippen LogP contribution in [0, 0.1) is 0 Å². The number of hydrogen-bond acceptors (Lipinski definition) is 2. The number of nitrogens with two attached hydrogens (primary N) is 1. The molecule has 84 valence electrons. The normalized spacial score (nSPS) is 14.8. The molecule has 4 heteroatoms. The quantitative estimate of drug-likeness (QED) is 0.838. The summed E-state index contributed by atoms with van der Waals surface area (Å²) in [5.41, 5.74) is 8.17. The smallest absolute Gasteiger partial charge is 0.0667 e. The standard InChI is InChI=1S/C12H11Br2NS/c1-12(15,9-6-16-7-11(9)14)8-4-2-3-5-10(8)13/h2-7H,15H2,1H3. The van der Waals surface area contributed by atoms with E-state index >= 15 is 0 Å². The van der Waals surface area contributed by atoms with Crippen molar-refractivity contribution in [2.75, 3.05) is 0 Å². The molecule has 0 aliphatic heterocycles. The van der Waals surface area contributed by atoms with E-state index in [9.17, 15) is 0 Å². The predicted molar refractivity (Wildman–Crippen MR) is 76.8 cm³/mol. The number of hydrogen-bond donors (Lipinski definition) is 1. The molecule has 1 nitrogen and oxygen atoms in total. The summed E-state index contributed by atoms with van der Waals surface area (Å²) >= 11 is 8.74. The van der Waals surface area contributed by atoms with Crippen LogP contribution in [-0.4, -0.2) is 0 Å². The van der Waals surface area contributed by atoms with Crippen molar-refractivity contribution < 1.29 is 0 Å². The molecule has 0 aliphatic rings. The average Bonchev–Trinajstić information content (AvgIpc) is 2.65. The first-order valence-corrected chi connectivity index (χ1v) is 7.32. The van der Waals surface area contributed by atoms with Gasteiger partial charge in [-0.05, 0) is 39.9 Å². The predicted octanol–water partition coefficient (Wildman–Crippen LogP) is 4.50. The SMILES string of the molecule is CC(N)(c1ccccc1Br)c1cscc1Br. The molecule has 1 aromatic carbocycles. The highest BCUT2D eigenvalue weighted by molar-refractivity contribution is 9.10. The number of benzene rings is 1. The van der Waals surface area contributed by atoms with E-state index in [4.69, 9.17) is 5.73 Å². The molecule has 0 fully saturated rings.